The molecule has 386 valence electrons. The first-order valence-electron chi connectivity index (χ1n) is 26.4. The largest absolute Gasteiger partial charge is 0.462 e. The third-order valence-electron chi connectivity index (χ3n) is 19.8. The molecule has 10 fully saturated rings. The van der Waals surface area contributed by atoms with E-state index in [2.05, 4.69) is 0 Å². The Morgan fingerprint density at radius 1 is 0.522 bits per heavy atom. The van der Waals surface area contributed by atoms with Crippen LogP contribution in [0.4, 0.5) is 0 Å². The zero-order chi connectivity index (χ0) is 44.0. The summed E-state index contributed by atoms with van der Waals surface area (Å²) >= 11 is 0. The zero-order valence-corrected chi connectivity index (χ0v) is 39.5. The van der Waals surface area contributed by atoms with Gasteiger partial charge in [-0.1, -0.05) is 89.0 Å². The second-order valence-electron chi connectivity index (χ2n) is 23.5. The smallest absolute Gasteiger partial charge is 0.311 e. The standard InChI is InChI=1S/C27H42O5.C26H40O5.4CH4/c1-4-27(2,3)26(29)32-22-13-18-12-21(22)24-19-10-17(23(18)24)11-20(19)25(28)31-15-30-14-16-8-6-5-7-9-16;1-3-15(2)25(27)31-22-12-18-11-21(22)24-19-9-17(23(18)24)10-20(19)26(28)30-14-29-13-16-7-5-4-6-8-16;;;;/h16-24H,4-15H2,1-3H3;15-24H,3-14H2,1-2H3;4*1H4. The first-order valence-corrected chi connectivity index (χ1v) is 26.4. The maximum absolute atomic E-state index is 12.9. The minimum Gasteiger partial charge on any atom is -0.462 e. The molecule has 0 aromatic rings. The molecular weight excluding hydrogens is 845 g/mol. The molecule has 0 spiro atoms. The molecule has 10 nitrogen and oxygen atoms in total. The maximum Gasteiger partial charge on any atom is 0.311 e. The third-order valence-corrected chi connectivity index (χ3v) is 19.8. The zero-order valence-electron chi connectivity index (χ0n) is 39.5. The first-order chi connectivity index (χ1) is 30.4. The summed E-state index contributed by atoms with van der Waals surface area (Å²) < 4.78 is 34.7. The lowest BCUT2D eigenvalue weighted by molar-refractivity contribution is -0.170. The number of hydrogen-bond donors (Lipinski definition) is 0. The van der Waals surface area contributed by atoms with Gasteiger partial charge in [0, 0.05) is 0 Å². The van der Waals surface area contributed by atoms with Crippen LogP contribution in [-0.4, -0.2) is 62.9 Å². The van der Waals surface area contributed by atoms with Crippen LogP contribution in [0.2, 0.25) is 0 Å². The average molecular weight is 943 g/mol. The van der Waals surface area contributed by atoms with Gasteiger partial charge in [0.05, 0.1) is 36.4 Å². The van der Waals surface area contributed by atoms with Crippen molar-refractivity contribution in [2.45, 2.75) is 205 Å². The van der Waals surface area contributed by atoms with Gasteiger partial charge >= 0.3 is 23.9 Å². The van der Waals surface area contributed by atoms with Crippen molar-refractivity contribution in [3.63, 3.8) is 0 Å². The molecule has 10 aliphatic carbocycles. The van der Waals surface area contributed by atoms with Crippen LogP contribution in [0.1, 0.15) is 193 Å². The maximum atomic E-state index is 12.9. The summed E-state index contributed by atoms with van der Waals surface area (Å²) in [5.41, 5.74) is -0.417. The Kier molecular flexibility index (Phi) is 19.8. The molecular formula is C57H98O10. The third kappa shape index (κ3) is 11.3. The molecule has 0 radical (unpaired) electrons. The Morgan fingerprint density at radius 3 is 1.34 bits per heavy atom. The van der Waals surface area contributed by atoms with Crippen LogP contribution in [0.25, 0.3) is 0 Å². The molecule has 17 atom stereocenters. The Labute approximate surface area is 407 Å². The van der Waals surface area contributed by atoms with Crippen molar-refractivity contribution in [3.8, 4) is 0 Å². The Hall–Kier alpha value is -2.20. The summed E-state index contributed by atoms with van der Waals surface area (Å²) in [7, 11) is 0. The fraction of sp³-hybridized carbons (Fsp3) is 0.930. The number of ether oxygens (including phenoxy) is 6. The van der Waals surface area contributed by atoms with Gasteiger partial charge in [0.2, 0.25) is 0 Å². The van der Waals surface area contributed by atoms with E-state index in [1.54, 1.807) is 0 Å². The van der Waals surface area contributed by atoms with E-state index in [1.807, 2.05) is 34.6 Å². The van der Waals surface area contributed by atoms with E-state index in [0.29, 0.717) is 71.0 Å². The Balaban J connectivity index is 0.000000237. The van der Waals surface area contributed by atoms with Gasteiger partial charge in [-0.25, -0.2) is 0 Å². The summed E-state index contributed by atoms with van der Waals surface area (Å²) in [6.07, 6.45) is 23.4. The highest BCUT2D eigenvalue weighted by atomic mass is 16.7. The van der Waals surface area contributed by atoms with Crippen molar-refractivity contribution < 1.29 is 47.6 Å². The molecule has 67 heavy (non-hydrogen) atoms. The van der Waals surface area contributed by atoms with Gasteiger partial charge < -0.3 is 28.4 Å². The first kappa shape index (κ1) is 55.7. The van der Waals surface area contributed by atoms with Crippen LogP contribution >= 0.6 is 0 Å². The highest BCUT2D eigenvalue weighted by molar-refractivity contribution is 5.76. The molecule has 10 aliphatic rings. The van der Waals surface area contributed by atoms with E-state index in [9.17, 15) is 19.2 Å². The van der Waals surface area contributed by atoms with Gasteiger partial charge in [-0.15, -0.1) is 0 Å². The second kappa shape index (κ2) is 23.8. The van der Waals surface area contributed by atoms with Crippen LogP contribution < -0.4 is 0 Å². The molecule has 0 aliphatic heterocycles. The van der Waals surface area contributed by atoms with Crippen molar-refractivity contribution in [1.82, 2.24) is 0 Å². The highest BCUT2D eigenvalue weighted by Gasteiger charge is 2.68. The fourth-order valence-electron chi connectivity index (χ4n) is 16.3. The van der Waals surface area contributed by atoms with Gasteiger partial charge in [-0.2, -0.15) is 0 Å². The molecule has 10 heteroatoms. The van der Waals surface area contributed by atoms with Gasteiger partial charge in [0.25, 0.3) is 0 Å². The average Bonchev–Trinajstić information content (AvgIpc) is 4.17. The number of fused-ring (bicyclic) bond motifs is 18. The van der Waals surface area contributed by atoms with Gasteiger partial charge in [0.1, 0.15) is 12.2 Å². The van der Waals surface area contributed by atoms with Crippen molar-refractivity contribution in [2.24, 2.45) is 106 Å². The summed E-state index contributed by atoms with van der Waals surface area (Å²) in [6, 6.07) is 0. The van der Waals surface area contributed by atoms with Crippen molar-refractivity contribution in [2.75, 3.05) is 26.8 Å². The summed E-state index contributed by atoms with van der Waals surface area (Å²) in [6.45, 7) is 11.7. The van der Waals surface area contributed by atoms with E-state index in [-0.39, 0.29) is 97.1 Å². The quantitative estimate of drug-likeness (QED) is 0.0486. The molecule has 8 bridgehead atoms. The van der Waals surface area contributed by atoms with Crippen molar-refractivity contribution >= 4 is 23.9 Å². The van der Waals surface area contributed by atoms with Crippen molar-refractivity contribution in [3.05, 3.63) is 0 Å². The van der Waals surface area contributed by atoms with Crippen LogP contribution in [0.3, 0.4) is 0 Å². The lowest BCUT2D eigenvalue weighted by Gasteiger charge is -2.41. The number of hydrogen-bond acceptors (Lipinski definition) is 10. The molecule has 0 aromatic heterocycles. The molecule has 17 unspecified atom stereocenters. The van der Waals surface area contributed by atoms with Gasteiger partial charge in [-0.3, -0.25) is 19.2 Å². The topological polar surface area (TPSA) is 124 Å². The minimum atomic E-state index is -0.417. The van der Waals surface area contributed by atoms with Crippen molar-refractivity contribution in [1.29, 1.82) is 0 Å². The second-order valence-corrected chi connectivity index (χ2v) is 23.5. The van der Waals surface area contributed by atoms with Crippen LogP contribution in [0.5, 0.6) is 0 Å². The molecule has 0 heterocycles. The molecule has 0 saturated heterocycles. The predicted molar refractivity (Wildman–Crippen MR) is 263 cm³/mol. The normalized spacial score (nSPS) is 38.7. The number of carbonyl (C=O) groups is 4. The molecule has 10 saturated carbocycles. The van der Waals surface area contributed by atoms with Gasteiger partial charge in [0.15, 0.2) is 13.6 Å². The van der Waals surface area contributed by atoms with Crippen LogP contribution in [-0.2, 0) is 47.6 Å². The highest BCUT2D eigenvalue weighted by Crippen LogP contribution is 2.70. The van der Waals surface area contributed by atoms with Crippen LogP contribution in [0, 0.1) is 106 Å². The molecule has 0 N–H and O–H groups in total. The fourth-order valence-corrected chi connectivity index (χ4v) is 16.3. The lowest BCUT2D eigenvalue weighted by atomic mass is 9.66. The van der Waals surface area contributed by atoms with Gasteiger partial charge in [-0.05, 0) is 187 Å². The molecule has 0 aromatic carbocycles. The lowest BCUT2D eigenvalue weighted by Crippen LogP contribution is -2.43. The van der Waals surface area contributed by atoms with Crippen LogP contribution in [0.15, 0.2) is 0 Å². The van der Waals surface area contributed by atoms with E-state index in [1.165, 1.54) is 77.0 Å². The Morgan fingerprint density at radius 2 is 0.925 bits per heavy atom. The monoisotopic (exact) mass is 943 g/mol. The summed E-state index contributed by atoms with van der Waals surface area (Å²) in [5, 5.41) is 0. The van der Waals surface area contributed by atoms with E-state index < -0.39 is 5.41 Å². The predicted octanol–water partition coefficient (Wildman–Crippen LogP) is 12.9. The number of esters is 4. The molecule has 10 rings (SSSR count). The van der Waals surface area contributed by atoms with E-state index >= 15 is 0 Å². The minimum absolute atomic E-state index is 0. The number of rotatable bonds is 16. The SMILES string of the molecule is C.C.C.C.CCC(C)(C)C(=O)OC1CC2CC1C1C3CC(CC3C(=O)OCOCC3CCCCC3)C21.CCC(C)C(=O)OC1CC2CC1C1C3CC(CC3C(=O)OCOCC3CCCCC3)C21. The summed E-state index contributed by atoms with van der Waals surface area (Å²) in [5.74, 6) is 8.09. The van der Waals surface area contributed by atoms with E-state index in [4.69, 9.17) is 28.4 Å². The number of carbonyl (C=O) groups excluding carboxylic acids is 4. The Bertz CT molecular complexity index is 1620. The summed E-state index contributed by atoms with van der Waals surface area (Å²) in [4.78, 5) is 50.9. The molecule has 0 amide bonds. The van der Waals surface area contributed by atoms with E-state index in [0.717, 1.165) is 76.4 Å².